The minimum atomic E-state index is -4.64. The Balaban J connectivity index is 2.26. The maximum atomic E-state index is 14.1. The zero-order valence-electron chi connectivity index (χ0n) is 11.7. The number of alkyl halides is 3. The van der Waals surface area contributed by atoms with E-state index in [1.165, 1.54) is 25.5 Å². The number of fused-ring (bicyclic) bond motifs is 1. The van der Waals surface area contributed by atoms with Crippen molar-refractivity contribution in [3.8, 4) is 11.3 Å². The maximum absolute atomic E-state index is 14.1. The minimum absolute atomic E-state index is 0.0684. The molecule has 3 aromatic rings. The molecule has 0 bridgehead atoms. The number of benzene rings is 1. The quantitative estimate of drug-likeness (QED) is 0.646. The zero-order chi connectivity index (χ0) is 16.8. The lowest BCUT2D eigenvalue weighted by Gasteiger charge is -2.10. The highest BCUT2D eigenvalue weighted by molar-refractivity contribution is 5.93. The van der Waals surface area contributed by atoms with Gasteiger partial charge in [0, 0.05) is 24.2 Å². The molecule has 2 aromatic heterocycles. The van der Waals surface area contributed by atoms with Crippen LogP contribution in [0.25, 0.3) is 22.0 Å². The molecule has 1 aromatic carbocycles. The van der Waals surface area contributed by atoms with Crippen molar-refractivity contribution >= 4 is 10.8 Å². The summed E-state index contributed by atoms with van der Waals surface area (Å²) in [6, 6.07) is 3.62. The molecule has 3 rings (SSSR count). The Morgan fingerprint density at radius 1 is 1.13 bits per heavy atom. The molecule has 0 atom stereocenters. The monoisotopic (exact) mass is 323 g/mol. The molecule has 23 heavy (non-hydrogen) atoms. The molecule has 0 aliphatic carbocycles. The summed E-state index contributed by atoms with van der Waals surface area (Å²) < 4.78 is 53.1. The summed E-state index contributed by atoms with van der Waals surface area (Å²) in [7, 11) is 1.46. The molecule has 0 unspecified atom stereocenters. The third kappa shape index (κ3) is 2.56. The van der Waals surface area contributed by atoms with Gasteiger partial charge in [0.1, 0.15) is 5.82 Å². The SMILES string of the molecule is Cn1ncc2c(-c3ccc(C(F)(F)F)cc3F)nccc2c1=O. The smallest absolute Gasteiger partial charge is 0.267 e. The van der Waals surface area contributed by atoms with Crippen LogP contribution < -0.4 is 5.56 Å². The maximum Gasteiger partial charge on any atom is 0.416 e. The third-order valence-corrected chi connectivity index (χ3v) is 3.43. The summed E-state index contributed by atoms with van der Waals surface area (Å²) in [5.74, 6) is -1.07. The van der Waals surface area contributed by atoms with Crippen molar-refractivity contribution in [2.45, 2.75) is 6.18 Å². The highest BCUT2D eigenvalue weighted by atomic mass is 19.4. The van der Waals surface area contributed by atoms with Crippen molar-refractivity contribution < 1.29 is 17.6 Å². The van der Waals surface area contributed by atoms with Crippen molar-refractivity contribution in [2.24, 2.45) is 7.05 Å². The Labute approximate surface area is 127 Å². The average Bonchev–Trinajstić information content (AvgIpc) is 2.50. The van der Waals surface area contributed by atoms with Crippen LogP contribution in [0.2, 0.25) is 0 Å². The highest BCUT2D eigenvalue weighted by Gasteiger charge is 2.31. The Kier molecular flexibility index (Phi) is 3.39. The molecule has 0 fully saturated rings. The number of aryl methyl sites for hydroxylation is 1. The lowest BCUT2D eigenvalue weighted by atomic mass is 10.0. The average molecular weight is 323 g/mol. The summed E-state index contributed by atoms with van der Waals surface area (Å²) in [5, 5.41) is 4.37. The van der Waals surface area contributed by atoms with Crippen LogP contribution in [0.15, 0.2) is 41.5 Å². The molecule has 0 amide bonds. The first-order chi connectivity index (χ1) is 10.8. The van der Waals surface area contributed by atoms with Gasteiger partial charge in [0.15, 0.2) is 0 Å². The van der Waals surface area contributed by atoms with Crippen LogP contribution in [-0.4, -0.2) is 14.8 Å². The van der Waals surface area contributed by atoms with E-state index in [4.69, 9.17) is 0 Å². The van der Waals surface area contributed by atoms with E-state index in [1.54, 1.807) is 0 Å². The van der Waals surface area contributed by atoms with Gasteiger partial charge in [-0.15, -0.1) is 0 Å². The van der Waals surface area contributed by atoms with E-state index in [0.717, 1.165) is 16.8 Å². The largest absolute Gasteiger partial charge is 0.416 e. The predicted octanol–water partition coefficient (Wildman–Crippen LogP) is 3.15. The molecule has 0 saturated heterocycles. The fourth-order valence-corrected chi connectivity index (χ4v) is 2.26. The second-order valence-corrected chi connectivity index (χ2v) is 4.89. The zero-order valence-corrected chi connectivity index (χ0v) is 11.7. The molecule has 4 nitrogen and oxygen atoms in total. The molecule has 0 N–H and O–H groups in total. The normalized spacial score (nSPS) is 11.9. The van der Waals surface area contributed by atoms with Crippen LogP contribution >= 0.6 is 0 Å². The van der Waals surface area contributed by atoms with Crippen LogP contribution in [0.5, 0.6) is 0 Å². The summed E-state index contributed by atoms with van der Waals surface area (Å²) in [5.41, 5.74) is -1.55. The summed E-state index contributed by atoms with van der Waals surface area (Å²) in [6.45, 7) is 0. The molecule has 0 spiro atoms. The van der Waals surface area contributed by atoms with Gasteiger partial charge in [-0.1, -0.05) is 0 Å². The van der Waals surface area contributed by atoms with E-state index in [9.17, 15) is 22.4 Å². The van der Waals surface area contributed by atoms with Gasteiger partial charge in [-0.2, -0.15) is 18.3 Å². The molecule has 0 radical (unpaired) electrons. The molecule has 118 valence electrons. The van der Waals surface area contributed by atoms with E-state index in [1.807, 2.05) is 0 Å². The molecule has 2 heterocycles. The molecule has 0 saturated carbocycles. The molecule has 0 aliphatic heterocycles. The van der Waals surface area contributed by atoms with Gasteiger partial charge in [0.25, 0.3) is 5.56 Å². The van der Waals surface area contributed by atoms with E-state index < -0.39 is 23.1 Å². The summed E-state index contributed by atoms with van der Waals surface area (Å²) in [6.07, 6.45) is -2.00. The van der Waals surface area contributed by atoms with E-state index in [-0.39, 0.29) is 22.0 Å². The number of pyridine rings is 1. The molecular formula is C15H9F4N3O. The minimum Gasteiger partial charge on any atom is -0.267 e. The Morgan fingerprint density at radius 3 is 2.52 bits per heavy atom. The fraction of sp³-hybridized carbons (Fsp3) is 0.133. The van der Waals surface area contributed by atoms with E-state index >= 15 is 0 Å². The Bertz CT molecular complexity index is 963. The van der Waals surface area contributed by atoms with Crippen molar-refractivity contribution in [1.82, 2.24) is 14.8 Å². The van der Waals surface area contributed by atoms with E-state index in [2.05, 4.69) is 10.1 Å². The van der Waals surface area contributed by atoms with Crippen molar-refractivity contribution in [3.05, 3.63) is 58.4 Å². The number of aromatic nitrogens is 3. The first-order valence-corrected chi connectivity index (χ1v) is 6.47. The summed E-state index contributed by atoms with van der Waals surface area (Å²) in [4.78, 5) is 16.0. The topological polar surface area (TPSA) is 47.8 Å². The highest BCUT2D eigenvalue weighted by Crippen LogP contribution is 2.33. The number of rotatable bonds is 1. The third-order valence-electron chi connectivity index (χ3n) is 3.43. The second kappa shape index (κ2) is 5.15. The van der Waals surface area contributed by atoms with Crippen molar-refractivity contribution in [2.75, 3.05) is 0 Å². The van der Waals surface area contributed by atoms with Gasteiger partial charge in [-0.3, -0.25) is 9.78 Å². The lowest BCUT2D eigenvalue weighted by molar-refractivity contribution is -0.137. The fourth-order valence-electron chi connectivity index (χ4n) is 2.26. The van der Waals surface area contributed by atoms with Crippen LogP contribution in [-0.2, 0) is 13.2 Å². The Hall–Kier alpha value is -2.77. The first kappa shape index (κ1) is 15.1. The van der Waals surface area contributed by atoms with Gasteiger partial charge in [0.05, 0.1) is 22.8 Å². The van der Waals surface area contributed by atoms with Crippen LogP contribution in [0.4, 0.5) is 17.6 Å². The van der Waals surface area contributed by atoms with Crippen LogP contribution in [0.1, 0.15) is 5.56 Å². The first-order valence-electron chi connectivity index (χ1n) is 6.47. The number of nitrogens with zero attached hydrogens (tertiary/aromatic N) is 3. The Morgan fingerprint density at radius 2 is 1.87 bits per heavy atom. The van der Waals surface area contributed by atoms with E-state index in [0.29, 0.717) is 6.07 Å². The standard InChI is InChI=1S/C15H9F4N3O/c1-22-14(23)9-4-5-20-13(11(9)7-21-22)10-3-2-8(6-12(10)16)15(17,18)19/h2-7H,1H3. The molecule has 0 aliphatic rings. The summed E-state index contributed by atoms with van der Waals surface area (Å²) >= 11 is 0. The predicted molar refractivity (Wildman–Crippen MR) is 75.2 cm³/mol. The number of hydrogen-bond donors (Lipinski definition) is 0. The molecule has 8 heteroatoms. The van der Waals surface area contributed by atoms with Crippen molar-refractivity contribution in [3.63, 3.8) is 0 Å². The van der Waals surface area contributed by atoms with Crippen molar-refractivity contribution in [1.29, 1.82) is 0 Å². The van der Waals surface area contributed by atoms with Crippen LogP contribution in [0.3, 0.4) is 0 Å². The van der Waals surface area contributed by atoms with Gasteiger partial charge in [0.2, 0.25) is 0 Å². The number of halogens is 4. The van der Waals surface area contributed by atoms with Gasteiger partial charge < -0.3 is 0 Å². The van der Waals surface area contributed by atoms with Gasteiger partial charge in [-0.05, 0) is 24.3 Å². The number of hydrogen-bond acceptors (Lipinski definition) is 3. The lowest BCUT2D eigenvalue weighted by Crippen LogP contribution is -2.19. The molecular weight excluding hydrogens is 314 g/mol. The van der Waals surface area contributed by atoms with Gasteiger partial charge >= 0.3 is 6.18 Å². The van der Waals surface area contributed by atoms with Crippen LogP contribution in [0, 0.1) is 5.82 Å². The van der Waals surface area contributed by atoms with Gasteiger partial charge in [-0.25, -0.2) is 9.07 Å². The second-order valence-electron chi connectivity index (χ2n) is 4.89.